The van der Waals surface area contributed by atoms with Gasteiger partial charge in [-0.2, -0.15) is 13.5 Å². The van der Waals surface area contributed by atoms with Gasteiger partial charge in [-0.3, -0.25) is 0 Å². The first-order chi connectivity index (χ1) is 21.0. The number of halogens is 1. The molecular formula is C30H53FN9P3. The number of hydrogen-bond donors (Lipinski definition) is 0. The lowest BCUT2D eigenvalue weighted by atomic mass is 10.2. The van der Waals surface area contributed by atoms with Gasteiger partial charge in [0.2, 0.25) is 22.5 Å². The number of nitrogens with zero attached hydrogens (tertiary/aromatic N) is 9. The molecule has 0 radical (unpaired) electrons. The molecule has 1 aromatic carbocycles. The summed E-state index contributed by atoms with van der Waals surface area (Å²) < 4.78 is 49.3. The summed E-state index contributed by atoms with van der Waals surface area (Å²) >= 11 is 0. The number of benzene rings is 1. The maximum absolute atomic E-state index is 14.0. The van der Waals surface area contributed by atoms with Crippen LogP contribution in [0.5, 0.6) is 0 Å². The molecule has 5 saturated heterocycles. The third-order valence-corrected chi connectivity index (χ3v) is 23.0. The molecule has 0 aromatic heterocycles. The largest absolute Gasteiger partial charge is 0.241 e. The van der Waals surface area contributed by atoms with Crippen molar-refractivity contribution < 1.29 is 4.39 Å². The Morgan fingerprint density at radius 1 is 0.512 bits per heavy atom. The second-order valence-electron chi connectivity index (χ2n) is 13.3. The first-order valence-corrected chi connectivity index (χ1v) is 22.0. The zero-order valence-electron chi connectivity index (χ0n) is 26.3. The zero-order chi connectivity index (χ0) is 29.3. The van der Waals surface area contributed by atoms with E-state index in [0.717, 1.165) is 77.6 Å². The Bertz CT molecular complexity index is 1200. The van der Waals surface area contributed by atoms with Gasteiger partial charge in [0.15, 0.2) is 0 Å². The molecule has 9 nitrogen and oxygen atoms in total. The fraction of sp³-hybridized carbons (Fsp3) is 0.800. The summed E-state index contributed by atoms with van der Waals surface area (Å²) in [5.41, 5.74) is 1.16. The molecule has 1 unspecified atom stereocenters. The Kier molecular flexibility index (Phi) is 9.71. The molecule has 5 fully saturated rings. The van der Waals surface area contributed by atoms with E-state index >= 15 is 0 Å². The Hall–Kier alpha value is -0.400. The summed E-state index contributed by atoms with van der Waals surface area (Å²) in [6, 6.07) is 7.16. The van der Waals surface area contributed by atoms with E-state index in [9.17, 15) is 4.39 Å². The van der Waals surface area contributed by atoms with E-state index in [4.69, 9.17) is 13.5 Å². The first-order valence-electron chi connectivity index (χ1n) is 17.2. The van der Waals surface area contributed by atoms with Crippen LogP contribution in [0.2, 0.25) is 0 Å². The topological polar surface area (TPSA) is 56.5 Å². The van der Waals surface area contributed by atoms with Gasteiger partial charge >= 0.3 is 0 Å². The molecule has 240 valence electrons. The van der Waals surface area contributed by atoms with Crippen molar-refractivity contribution >= 4 is 22.5 Å². The molecule has 1 atom stereocenters. The average molecular weight is 652 g/mol. The van der Waals surface area contributed by atoms with Crippen LogP contribution in [0.4, 0.5) is 4.39 Å². The van der Waals surface area contributed by atoms with Crippen LogP contribution in [-0.4, -0.2) is 101 Å². The minimum Gasteiger partial charge on any atom is -0.241 e. The third kappa shape index (κ3) is 5.96. The quantitative estimate of drug-likeness (QED) is 0.288. The number of piperidine rings is 4. The average Bonchev–Trinajstić information content (AvgIpc) is 3.35. The summed E-state index contributed by atoms with van der Waals surface area (Å²) in [7, 11) is -4.97. The molecule has 6 aliphatic rings. The van der Waals surface area contributed by atoms with Crippen molar-refractivity contribution in [2.24, 2.45) is 13.5 Å². The molecule has 0 bridgehead atoms. The Morgan fingerprint density at radius 3 is 1.30 bits per heavy atom. The van der Waals surface area contributed by atoms with Gasteiger partial charge in [-0.1, -0.05) is 37.8 Å². The van der Waals surface area contributed by atoms with Crippen molar-refractivity contribution in [3.8, 4) is 0 Å². The van der Waals surface area contributed by atoms with Crippen LogP contribution < -0.4 is 0 Å². The molecule has 0 aliphatic carbocycles. The second-order valence-corrected chi connectivity index (χ2v) is 22.2. The van der Waals surface area contributed by atoms with Gasteiger partial charge in [0.05, 0.1) is 0 Å². The monoisotopic (exact) mass is 651 g/mol. The highest BCUT2D eigenvalue weighted by Crippen LogP contribution is 2.84. The molecule has 6 heterocycles. The van der Waals surface area contributed by atoms with Crippen LogP contribution in [0.1, 0.15) is 82.6 Å². The third-order valence-electron chi connectivity index (χ3n) is 10.4. The van der Waals surface area contributed by atoms with Crippen LogP contribution in [0.25, 0.3) is 0 Å². The van der Waals surface area contributed by atoms with Gasteiger partial charge in [-0.05, 0) is 76.1 Å². The molecule has 1 aromatic rings. The predicted octanol–water partition coefficient (Wildman–Crippen LogP) is 8.37. The molecular weight excluding hydrogens is 598 g/mol. The molecule has 0 amide bonds. The predicted molar refractivity (Wildman–Crippen MR) is 179 cm³/mol. The Labute approximate surface area is 259 Å². The van der Waals surface area contributed by atoms with Crippen molar-refractivity contribution in [2.45, 2.75) is 83.6 Å². The maximum atomic E-state index is 14.0. The lowest BCUT2D eigenvalue weighted by Gasteiger charge is -2.53. The van der Waals surface area contributed by atoms with E-state index in [1.54, 1.807) is 12.1 Å². The minimum absolute atomic E-state index is 0.169. The highest BCUT2D eigenvalue weighted by Gasteiger charge is 2.53. The molecule has 43 heavy (non-hydrogen) atoms. The molecule has 0 saturated carbocycles. The smallest absolute Gasteiger partial charge is 0.221 e. The van der Waals surface area contributed by atoms with Gasteiger partial charge in [0, 0.05) is 72.0 Å². The first kappa shape index (κ1) is 31.2. The number of likely N-dealkylation sites (N-methyl/N-ethyl adjacent to an activating group) is 1. The molecule has 7 rings (SSSR count). The summed E-state index contributed by atoms with van der Waals surface area (Å²) in [4.78, 5) is 0. The second kappa shape index (κ2) is 13.4. The summed E-state index contributed by atoms with van der Waals surface area (Å²) in [5.74, 6) is -0.169. The summed E-state index contributed by atoms with van der Waals surface area (Å²) in [6.07, 6.45) is 15.2. The van der Waals surface area contributed by atoms with Crippen molar-refractivity contribution in [1.82, 2.24) is 28.0 Å². The van der Waals surface area contributed by atoms with Crippen LogP contribution in [0, 0.1) is 5.82 Å². The van der Waals surface area contributed by atoms with E-state index in [1.165, 1.54) is 77.0 Å². The summed E-state index contributed by atoms with van der Waals surface area (Å²) in [6.45, 7) is 11.6. The molecule has 13 heteroatoms. The van der Waals surface area contributed by atoms with Gasteiger partial charge in [0.25, 0.3) is 0 Å². The fourth-order valence-electron chi connectivity index (χ4n) is 7.90. The van der Waals surface area contributed by atoms with Gasteiger partial charge in [-0.15, -0.1) is 0 Å². The van der Waals surface area contributed by atoms with Crippen molar-refractivity contribution in [1.29, 1.82) is 0 Å². The van der Waals surface area contributed by atoms with Gasteiger partial charge in [-0.25, -0.2) is 32.4 Å². The SMILES string of the molecule is CN1CCN(Cc2ccc(F)cc2)P12=NP(N1CCCCC1)(N1CCCCC1)=NP(N1CCCCC1)(N1CCCCC1)=N2. The minimum atomic E-state index is -2.47. The van der Waals surface area contributed by atoms with Crippen molar-refractivity contribution in [3.05, 3.63) is 35.6 Å². The normalized spacial score (nSPS) is 31.9. The van der Waals surface area contributed by atoms with E-state index in [-0.39, 0.29) is 5.82 Å². The number of rotatable bonds is 6. The lowest BCUT2D eigenvalue weighted by Crippen LogP contribution is -2.41. The fourth-order valence-corrected chi connectivity index (χ4v) is 24.3. The Balaban J connectivity index is 1.49. The van der Waals surface area contributed by atoms with Gasteiger partial charge in [0.1, 0.15) is 5.82 Å². The maximum Gasteiger partial charge on any atom is 0.221 e. The van der Waals surface area contributed by atoms with E-state index < -0.39 is 22.5 Å². The highest BCUT2D eigenvalue weighted by molar-refractivity contribution is 7.83. The Morgan fingerprint density at radius 2 is 0.884 bits per heavy atom. The van der Waals surface area contributed by atoms with Crippen molar-refractivity contribution in [2.75, 3.05) is 72.5 Å². The van der Waals surface area contributed by atoms with Crippen molar-refractivity contribution in [3.63, 3.8) is 0 Å². The lowest BCUT2D eigenvalue weighted by molar-refractivity contribution is 0.296. The van der Waals surface area contributed by atoms with Crippen LogP contribution in [-0.2, 0) is 6.54 Å². The zero-order valence-corrected chi connectivity index (χ0v) is 29.0. The number of hydrogen-bond acceptors (Lipinski definition) is 9. The summed E-state index contributed by atoms with van der Waals surface area (Å²) in [5, 5.41) is 0. The van der Waals surface area contributed by atoms with Crippen LogP contribution in [0.3, 0.4) is 0 Å². The van der Waals surface area contributed by atoms with Crippen LogP contribution in [0.15, 0.2) is 37.8 Å². The van der Waals surface area contributed by atoms with E-state index in [1.807, 2.05) is 12.1 Å². The molecule has 0 N–H and O–H groups in total. The standard InChI is InChI=1S/C30H53FN9P3/c1-35-26-27-40(28-29-14-16-30(31)17-15-29)41(35)32-42(36-18-6-2-7-19-36,37-20-8-3-9-21-37)34-43(33-41,38-22-10-4-11-23-38)39-24-12-5-13-25-39/h14-17H,2-13,18-28H2,1H3. The van der Waals surface area contributed by atoms with E-state index in [2.05, 4.69) is 35.1 Å². The highest BCUT2D eigenvalue weighted by atomic mass is 31.3. The van der Waals surface area contributed by atoms with Gasteiger partial charge < -0.3 is 0 Å². The molecule has 6 aliphatic heterocycles. The van der Waals surface area contributed by atoms with E-state index in [0.29, 0.717) is 0 Å². The van der Waals surface area contributed by atoms with Crippen LogP contribution >= 0.6 is 22.5 Å². The molecule has 1 spiro atoms.